The fourth-order valence-electron chi connectivity index (χ4n) is 4.12. The Balaban J connectivity index is 1.87. The Kier molecular flexibility index (Phi) is 4.74. The average Bonchev–Trinajstić information content (AvgIpc) is 3.22. The van der Waals surface area contributed by atoms with E-state index in [9.17, 15) is 5.11 Å². The molecule has 0 amide bonds. The van der Waals surface area contributed by atoms with Gasteiger partial charge in [-0.25, -0.2) is 0 Å². The highest BCUT2D eigenvalue weighted by atomic mass is 16.6. The van der Waals surface area contributed by atoms with Crippen LogP contribution >= 0.6 is 0 Å². The highest BCUT2D eigenvalue weighted by Crippen LogP contribution is 2.47. The molecule has 2 bridgehead atoms. The number of allylic oxidation sites excluding steroid dienone is 3. The average molecular weight is 320 g/mol. The lowest BCUT2D eigenvalue weighted by Gasteiger charge is -2.46. The number of aliphatic hydroxyl groups excluding tert-OH is 1. The summed E-state index contributed by atoms with van der Waals surface area (Å²) < 4.78 is 12.2. The Morgan fingerprint density at radius 3 is 2.52 bits per heavy atom. The molecule has 0 unspecified atom stereocenters. The summed E-state index contributed by atoms with van der Waals surface area (Å²) in [7, 11) is 0. The smallest absolute Gasteiger partial charge is 0.0944 e. The van der Waals surface area contributed by atoms with Gasteiger partial charge in [0.05, 0.1) is 30.0 Å². The molecule has 2 saturated heterocycles. The lowest BCUT2D eigenvalue weighted by Crippen LogP contribution is -2.52. The number of hydrogen-bond donors (Lipinski definition) is 1. The maximum atomic E-state index is 10.7. The minimum Gasteiger partial charge on any atom is -0.390 e. The van der Waals surface area contributed by atoms with Crippen LogP contribution in [0.5, 0.6) is 0 Å². The first kappa shape index (κ1) is 17.2. The van der Waals surface area contributed by atoms with E-state index in [1.54, 1.807) is 0 Å². The van der Waals surface area contributed by atoms with Crippen LogP contribution < -0.4 is 0 Å². The van der Waals surface area contributed by atoms with Crippen molar-refractivity contribution in [2.45, 2.75) is 89.6 Å². The minimum atomic E-state index is -0.442. The Labute approximate surface area is 140 Å². The van der Waals surface area contributed by atoms with Gasteiger partial charge >= 0.3 is 0 Å². The fraction of sp³-hybridized carbons (Fsp3) is 0.800. The van der Waals surface area contributed by atoms with Gasteiger partial charge in [-0.15, -0.1) is 0 Å². The Hall–Kier alpha value is -0.640. The zero-order chi connectivity index (χ0) is 16.7. The SMILES string of the molecule is C/C1=C/[C@H]2O[C@](C)(CC[C@@H]2[C@@]2(C)CO2)[C@H](O)CC/C(C)=C\CC1. The minimum absolute atomic E-state index is 0.0265. The number of ether oxygens (including phenoxy) is 2. The van der Waals surface area contributed by atoms with Crippen LogP contribution in [0.4, 0.5) is 0 Å². The van der Waals surface area contributed by atoms with Crippen LogP contribution in [0.1, 0.15) is 66.2 Å². The van der Waals surface area contributed by atoms with Crippen molar-refractivity contribution in [1.82, 2.24) is 0 Å². The Morgan fingerprint density at radius 1 is 1.09 bits per heavy atom. The van der Waals surface area contributed by atoms with Gasteiger partial charge in [-0.1, -0.05) is 23.3 Å². The lowest BCUT2D eigenvalue weighted by atomic mass is 9.76. The molecule has 0 aromatic carbocycles. The third-order valence-corrected chi connectivity index (χ3v) is 6.13. The second-order valence-electron chi connectivity index (χ2n) is 8.30. The normalized spacial score (nSPS) is 49.9. The monoisotopic (exact) mass is 320 g/mol. The van der Waals surface area contributed by atoms with Crippen LogP contribution in [0.3, 0.4) is 0 Å². The molecule has 0 radical (unpaired) electrons. The molecule has 1 N–H and O–H groups in total. The van der Waals surface area contributed by atoms with Gasteiger partial charge in [-0.05, 0) is 66.2 Å². The van der Waals surface area contributed by atoms with Crippen LogP contribution in [-0.4, -0.2) is 35.1 Å². The Bertz CT molecular complexity index is 503. The van der Waals surface area contributed by atoms with Crippen LogP contribution in [0.25, 0.3) is 0 Å². The van der Waals surface area contributed by atoms with Crippen molar-refractivity contribution in [1.29, 1.82) is 0 Å². The molecule has 3 nitrogen and oxygen atoms in total. The summed E-state index contributed by atoms with van der Waals surface area (Å²) in [6.07, 6.45) is 10.1. The van der Waals surface area contributed by atoms with E-state index in [-0.39, 0.29) is 11.7 Å². The van der Waals surface area contributed by atoms with Crippen molar-refractivity contribution < 1.29 is 14.6 Å². The van der Waals surface area contributed by atoms with Crippen LogP contribution in [0.15, 0.2) is 23.3 Å². The first-order chi connectivity index (χ1) is 10.8. The second kappa shape index (κ2) is 6.34. The van der Waals surface area contributed by atoms with Crippen LogP contribution in [-0.2, 0) is 9.47 Å². The quantitative estimate of drug-likeness (QED) is 0.583. The van der Waals surface area contributed by atoms with Crippen molar-refractivity contribution in [3.8, 4) is 0 Å². The molecule has 0 aromatic rings. The van der Waals surface area contributed by atoms with E-state index in [1.165, 1.54) is 11.1 Å². The molecular weight excluding hydrogens is 288 g/mol. The van der Waals surface area contributed by atoms with Crippen molar-refractivity contribution in [3.63, 3.8) is 0 Å². The molecule has 23 heavy (non-hydrogen) atoms. The number of aliphatic hydroxyl groups is 1. The lowest BCUT2D eigenvalue weighted by molar-refractivity contribution is -0.185. The predicted octanol–water partition coefficient (Wildman–Crippen LogP) is 4.16. The third-order valence-electron chi connectivity index (χ3n) is 6.13. The van der Waals surface area contributed by atoms with Crippen molar-refractivity contribution in [2.75, 3.05) is 6.61 Å². The van der Waals surface area contributed by atoms with E-state index >= 15 is 0 Å². The molecule has 5 atom stereocenters. The number of fused-ring (bicyclic) bond motifs is 2. The molecule has 0 saturated carbocycles. The predicted molar refractivity (Wildman–Crippen MR) is 92.3 cm³/mol. The maximum Gasteiger partial charge on any atom is 0.0944 e. The summed E-state index contributed by atoms with van der Waals surface area (Å²) in [6, 6.07) is 0. The van der Waals surface area contributed by atoms with E-state index < -0.39 is 11.7 Å². The van der Waals surface area contributed by atoms with E-state index in [0.717, 1.165) is 45.1 Å². The number of hydrogen-bond acceptors (Lipinski definition) is 3. The first-order valence-electron chi connectivity index (χ1n) is 9.15. The Morgan fingerprint density at radius 2 is 1.83 bits per heavy atom. The van der Waals surface area contributed by atoms with E-state index in [2.05, 4.69) is 39.8 Å². The molecule has 3 aliphatic heterocycles. The van der Waals surface area contributed by atoms with Gasteiger partial charge in [0.2, 0.25) is 0 Å². The largest absolute Gasteiger partial charge is 0.390 e. The first-order valence-corrected chi connectivity index (χ1v) is 9.15. The summed E-state index contributed by atoms with van der Waals surface area (Å²) in [5, 5.41) is 10.7. The summed E-state index contributed by atoms with van der Waals surface area (Å²) >= 11 is 0. The summed E-state index contributed by atoms with van der Waals surface area (Å²) in [5.74, 6) is 0.401. The zero-order valence-electron chi connectivity index (χ0n) is 15.1. The molecule has 3 aliphatic rings. The van der Waals surface area contributed by atoms with E-state index in [4.69, 9.17) is 9.47 Å². The van der Waals surface area contributed by atoms with Gasteiger partial charge in [0.1, 0.15) is 0 Å². The third kappa shape index (κ3) is 3.72. The number of rotatable bonds is 1. The van der Waals surface area contributed by atoms with Gasteiger partial charge in [0.15, 0.2) is 0 Å². The van der Waals surface area contributed by atoms with Gasteiger partial charge in [-0.3, -0.25) is 0 Å². The standard InChI is InChI=1S/C20H32O3/c1-14-6-5-7-15(2)12-17-16(20(4)13-22-20)10-11-19(3,23-17)18(21)9-8-14/h6,12,16-18,21H,5,7-11,13H2,1-4H3/b14-6-,15-12-/t16-,17+,18+,19+,20+/m0/s1. The molecule has 0 aliphatic carbocycles. The number of epoxide rings is 1. The molecule has 3 heterocycles. The molecule has 2 fully saturated rings. The summed E-state index contributed by atoms with van der Waals surface area (Å²) in [5.41, 5.74) is 2.29. The van der Waals surface area contributed by atoms with E-state index in [1.807, 2.05) is 0 Å². The van der Waals surface area contributed by atoms with Crippen LogP contribution in [0.2, 0.25) is 0 Å². The summed E-state index contributed by atoms with van der Waals surface area (Å²) in [6.45, 7) is 9.50. The van der Waals surface area contributed by atoms with Crippen molar-refractivity contribution in [3.05, 3.63) is 23.3 Å². The summed E-state index contributed by atoms with van der Waals surface area (Å²) in [4.78, 5) is 0. The highest BCUT2D eigenvalue weighted by molar-refractivity contribution is 5.14. The topological polar surface area (TPSA) is 42.0 Å². The second-order valence-corrected chi connectivity index (χ2v) is 8.30. The molecular formula is C20H32O3. The molecule has 3 rings (SSSR count). The van der Waals surface area contributed by atoms with Gasteiger partial charge in [0.25, 0.3) is 0 Å². The molecule has 0 aromatic heterocycles. The van der Waals surface area contributed by atoms with Gasteiger partial charge in [-0.2, -0.15) is 0 Å². The fourth-order valence-corrected chi connectivity index (χ4v) is 4.12. The van der Waals surface area contributed by atoms with Crippen LogP contribution in [0, 0.1) is 5.92 Å². The maximum absolute atomic E-state index is 10.7. The molecule has 3 heteroatoms. The van der Waals surface area contributed by atoms with Crippen molar-refractivity contribution >= 4 is 0 Å². The van der Waals surface area contributed by atoms with Gasteiger partial charge < -0.3 is 14.6 Å². The molecule has 130 valence electrons. The van der Waals surface area contributed by atoms with Crippen molar-refractivity contribution in [2.24, 2.45) is 5.92 Å². The highest BCUT2D eigenvalue weighted by Gasteiger charge is 2.54. The molecule has 0 spiro atoms. The zero-order valence-corrected chi connectivity index (χ0v) is 15.1. The van der Waals surface area contributed by atoms with Gasteiger partial charge in [0, 0.05) is 5.92 Å². The van der Waals surface area contributed by atoms with E-state index in [0.29, 0.717) is 5.92 Å².